The van der Waals surface area contributed by atoms with E-state index in [4.69, 9.17) is 0 Å². The molecule has 0 spiro atoms. The van der Waals surface area contributed by atoms with Crippen molar-refractivity contribution in [3.05, 3.63) is 47.8 Å². The van der Waals surface area contributed by atoms with Crippen molar-refractivity contribution in [1.29, 1.82) is 0 Å². The van der Waals surface area contributed by atoms with Crippen LogP contribution >= 0.6 is 0 Å². The van der Waals surface area contributed by atoms with Crippen LogP contribution < -0.4 is 5.32 Å². The number of pyridine rings is 1. The second-order valence-corrected chi connectivity index (χ2v) is 4.00. The molecular weight excluding hydrogens is 224 g/mol. The fourth-order valence-electron chi connectivity index (χ4n) is 1.65. The molecule has 0 amide bonds. The number of nitrogens with one attached hydrogen (secondary N) is 1. The predicted molar refractivity (Wildman–Crippen MR) is 75.1 cm³/mol. The lowest BCUT2D eigenvalue weighted by Crippen LogP contribution is -2.06. The largest absolute Gasteiger partial charge is 0.386 e. The van der Waals surface area contributed by atoms with Gasteiger partial charge in [0.25, 0.3) is 0 Å². The number of aldehydes is 1. The third kappa shape index (κ3) is 4.53. The van der Waals surface area contributed by atoms with E-state index >= 15 is 0 Å². The van der Waals surface area contributed by atoms with E-state index in [0.29, 0.717) is 0 Å². The minimum absolute atomic E-state index is 0.759. The van der Waals surface area contributed by atoms with Gasteiger partial charge in [0.2, 0.25) is 0 Å². The normalized spacial score (nSPS) is 11.8. The Balaban J connectivity index is 2.88. The zero-order chi connectivity index (χ0) is 13.2. The number of rotatable bonds is 7. The van der Waals surface area contributed by atoms with Crippen LogP contribution in [-0.2, 0) is 11.2 Å². The van der Waals surface area contributed by atoms with Crippen molar-refractivity contribution >= 4 is 12.0 Å². The number of carbonyl (C=O) groups excluding carboxylic acids is 1. The third-order valence-electron chi connectivity index (χ3n) is 2.64. The standard InChI is InChI=1S/C15H20N2O/c1-3-4-7-13-9-10-17-15(12-13)14(16-2)8-5-6-11-18/h5-6,8-12,16H,3-4,7H2,1-2H3/b6-5-,14-8-. The van der Waals surface area contributed by atoms with E-state index in [1.165, 1.54) is 24.5 Å². The van der Waals surface area contributed by atoms with E-state index in [0.717, 1.165) is 24.1 Å². The van der Waals surface area contributed by atoms with Gasteiger partial charge in [-0.25, -0.2) is 0 Å². The van der Waals surface area contributed by atoms with Crippen LogP contribution in [0.15, 0.2) is 36.6 Å². The molecule has 96 valence electrons. The summed E-state index contributed by atoms with van der Waals surface area (Å²) in [6.45, 7) is 2.19. The molecule has 1 aromatic heterocycles. The summed E-state index contributed by atoms with van der Waals surface area (Å²) in [5, 5.41) is 3.09. The maximum atomic E-state index is 10.2. The summed E-state index contributed by atoms with van der Waals surface area (Å²) < 4.78 is 0. The molecule has 1 heterocycles. The number of aryl methyl sites for hydroxylation is 1. The van der Waals surface area contributed by atoms with Crippen LogP contribution in [0.5, 0.6) is 0 Å². The first-order chi connectivity index (χ1) is 8.81. The topological polar surface area (TPSA) is 42.0 Å². The van der Waals surface area contributed by atoms with Crippen molar-refractivity contribution in [3.8, 4) is 0 Å². The molecule has 1 aromatic rings. The quantitative estimate of drug-likeness (QED) is 0.455. The fraction of sp³-hybridized carbons (Fsp3) is 0.333. The average Bonchev–Trinajstić information content (AvgIpc) is 2.42. The van der Waals surface area contributed by atoms with E-state index in [2.05, 4.69) is 23.3 Å². The zero-order valence-electron chi connectivity index (χ0n) is 11.0. The first kappa shape index (κ1) is 14.2. The Kier molecular flexibility index (Phi) is 6.47. The van der Waals surface area contributed by atoms with Crippen molar-refractivity contribution in [2.75, 3.05) is 7.05 Å². The minimum atomic E-state index is 0.759. The number of allylic oxidation sites excluding steroid dienone is 3. The molecule has 3 heteroatoms. The molecule has 1 rings (SSSR count). The fourth-order valence-corrected chi connectivity index (χ4v) is 1.65. The first-order valence-electron chi connectivity index (χ1n) is 6.27. The Hall–Kier alpha value is -1.90. The van der Waals surface area contributed by atoms with Crippen LogP contribution in [0.1, 0.15) is 31.0 Å². The van der Waals surface area contributed by atoms with Crippen molar-refractivity contribution < 1.29 is 4.79 Å². The lowest BCUT2D eigenvalue weighted by Gasteiger charge is -2.07. The number of hydrogen-bond acceptors (Lipinski definition) is 3. The van der Waals surface area contributed by atoms with Gasteiger partial charge in [-0.1, -0.05) is 19.4 Å². The molecule has 3 nitrogen and oxygen atoms in total. The van der Waals surface area contributed by atoms with Gasteiger partial charge in [0, 0.05) is 13.2 Å². The summed E-state index contributed by atoms with van der Waals surface area (Å²) in [5.74, 6) is 0. The first-order valence-corrected chi connectivity index (χ1v) is 6.27. The smallest absolute Gasteiger partial charge is 0.142 e. The van der Waals surface area contributed by atoms with Crippen LogP contribution in [0.4, 0.5) is 0 Å². The van der Waals surface area contributed by atoms with Crippen LogP contribution in [0.3, 0.4) is 0 Å². The number of hydrogen-bond donors (Lipinski definition) is 1. The summed E-state index contributed by atoms with van der Waals surface area (Å²) in [7, 11) is 1.85. The highest BCUT2D eigenvalue weighted by molar-refractivity contribution is 5.68. The summed E-state index contributed by atoms with van der Waals surface area (Å²) in [6.07, 6.45) is 11.1. The number of carbonyl (C=O) groups is 1. The highest BCUT2D eigenvalue weighted by Gasteiger charge is 2.01. The molecule has 0 aliphatic rings. The SMILES string of the molecule is CCCCc1ccnc(/C(=C/C=C\C=O)NC)c1. The summed E-state index contributed by atoms with van der Waals surface area (Å²) in [6, 6.07) is 4.14. The van der Waals surface area contributed by atoms with E-state index in [9.17, 15) is 4.79 Å². The molecule has 0 saturated heterocycles. The highest BCUT2D eigenvalue weighted by atomic mass is 16.1. The van der Waals surface area contributed by atoms with Crippen LogP contribution in [0.2, 0.25) is 0 Å². The summed E-state index contributed by atoms with van der Waals surface area (Å²) in [4.78, 5) is 14.6. The maximum Gasteiger partial charge on any atom is 0.142 e. The Labute approximate surface area is 109 Å². The van der Waals surface area contributed by atoms with Crippen LogP contribution in [0, 0.1) is 0 Å². The zero-order valence-corrected chi connectivity index (χ0v) is 11.0. The van der Waals surface area contributed by atoms with Gasteiger partial charge in [-0.05, 0) is 42.7 Å². The van der Waals surface area contributed by atoms with Gasteiger partial charge in [0.1, 0.15) is 6.29 Å². The van der Waals surface area contributed by atoms with Crippen molar-refractivity contribution in [1.82, 2.24) is 10.3 Å². The Morgan fingerprint density at radius 2 is 2.28 bits per heavy atom. The minimum Gasteiger partial charge on any atom is -0.386 e. The monoisotopic (exact) mass is 244 g/mol. The van der Waals surface area contributed by atoms with Crippen molar-refractivity contribution in [2.45, 2.75) is 26.2 Å². The van der Waals surface area contributed by atoms with Gasteiger partial charge in [-0.2, -0.15) is 0 Å². The van der Waals surface area contributed by atoms with Crippen LogP contribution in [0.25, 0.3) is 5.70 Å². The molecule has 0 saturated carbocycles. The van der Waals surface area contributed by atoms with Crippen LogP contribution in [-0.4, -0.2) is 18.3 Å². The van der Waals surface area contributed by atoms with Gasteiger partial charge in [-0.3, -0.25) is 9.78 Å². The lowest BCUT2D eigenvalue weighted by molar-refractivity contribution is -0.104. The van der Waals surface area contributed by atoms with Gasteiger partial charge in [0.05, 0.1) is 11.4 Å². The maximum absolute atomic E-state index is 10.2. The molecule has 0 atom stereocenters. The van der Waals surface area contributed by atoms with E-state index in [-0.39, 0.29) is 0 Å². The number of aromatic nitrogens is 1. The highest BCUT2D eigenvalue weighted by Crippen LogP contribution is 2.12. The third-order valence-corrected chi connectivity index (χ3v) is 2.64. The van der Waals surface area contributed by atoms with Gasteiger partial charge >= 0.3 is 0 Å². The molecule has 0 aliphatic heterocycles. The number of nitrogens with zero attached hydrogens (tertiary/aromatic N) is 1. The molecule has 0 bridgehead atoms. The van der Waals surface area contributed by atoms with Crippen molar-refractivity contribution in [3.63, 3.8) is 0 Å². The molecule has 0 unspecified atom stereocenters. The molecule has 0 fully saturated rings. The van der Waals surface area contributed by atoms with Gasteiger partial charge in [-0.15, -0.1) is 0 Å². The molecule has 1 N–H and O–H groups in total. The van der Waals surface area contributed by atoms with E-state index in [1.807, 2.05) is 25.4 Å². The van der Waals surface area contributed by atoms with Crippen molar-refractivity contribution in [2.24, 2.45) is 0 Å². The Morgan fingerprint density at radius 3 is 2.94 bits per heavy atom. The second kappa shape index (κ2) is 8.23. The lowest BCUT2D eigenvalue weighted by atomic mass is 10.1. The predicted octanol–water partition coefficient (Wildman–Crippen LogP) is 2.74. The molecule has 0 aliphatic carbocycles. The summed E-state index contributed by atoms with van der Waals surface area (Å²) in [5.41, 5.74) is 3.11. The summed E-state index contributed by atoms with van der Waals surface area (Å²) >= 11 is 0. The molecular formula is C15H20N2O. The van der Waals surface area contributed by atoms with E-state index < -0.39 is 0 Å². The Morgan fingerprint density at radius 1 is 1.44 bits per heavy atom. The second-order valence-electron chi connectivity index (χ2n) is 4.00. The molecule has 18 heavy (non-hydrogen) atoms. The molecule has 0 radical (unpaired) electrons. The average molecular weight is 244 g/mol. The number of unbranched alkanes of at least 4 members (excludes halogenated alkanes) is 1. The van der Waals surface area contributed by atoms with Gasteiger partial charge in [0.15, 0.2) is 0 Å². The van der Waals surface area contributed by atoms with E-state index in [1.54, 1.807) is 6.08 Å². The molecule has 0 aromatic carbocycles. The van der Waals surface area contributed by atoms with Gasteiger partial charge < -0.3 is 5.32 Å². The Bertz CT molecular complexity index is 436.